The molecule has 4 N–H and O–H groups in total. The van der Waals surface area contributed by atoms with Gasteiger partial charge in [0.15, 0.2) is 0 Å². The van der Waals surface area contributed by atoms with Crippen molar-refractivity contribution in [1.29, 1.82) is 0 Å². The van der Waals surface area contributed by atoms with Crippen LogP contribution in [-0.2, 0) is 0 Å². The second-order valence-corrected chi connectivity index (χ2v) is 4.79. The number of hydrogen-bond acceptors (Lipinski definition) is 6. The topological polar surface area (TPSA) is 79.1 Å². The minimum Gasteiger partial charge on any atom is -0.370 e. The zero-order chi connectivity index (χ0) is 13.0. The van der Waals surface area contributed by atoms with Crippen LogP contribution in [0.4, 0.5) is 11.8 Å². The quantitative estimate of drug-likeness (QED) is 0.530. The summed E-state index contributed by atoms with van der Waals surface area (Å²) in [7, 11) is 0. The Balaban J connectivity index is 1.88. The third-order valence-corrected chi connectivity index (χ3v) is 3.37. The molecule has 1 aromatic heterocycles. The summed E-state index contributed by atoms with van der Waals surface area (Å²) in [6.45, 7) is 8.63. The van der Waals surface area contributed by atoms with E-state index >= 15 is 0 Å². The molecule has 0 aliphatic carbocycles. The zero-order valence-corrected chi connectivity index (χ0v) is 11.1. The maximum absolute atomic E-state index is 5.33. The predicted octanol–water partition coefficient (Wildman–Crippen LogP) is 0.824. The normalized spacial score (nSPS) is 20.1. The number of anilines is 2. The van der Waals surface area contributed by atoms with Gasteiger partial charge in [0.05, 0.1) is 0 Å². The first-order valence-corrected chi connectivity index (χ1v) is 6.49. The lowest BCUT2D eigenvalue weighted by Crippen LogP contribution is -2.23. The average Bonchev–Trinajstić information content (AvgIpc) is 2.83. The molecule has 1 aromatic rings. The van der Waals surface area contributed by atoms with Crippen LogP contribution in [-0.4, -0.2) is 41.0 Å². The average molecular weight is 250 g/mol. The SMILES string of the molecule is CCN1CCC(CNc2cc(C)nc(NN)n2)C1. The first-order valence-electron chi connectivity index (χ1n) is 6.49. The van der Waals surface area contributed by atoms with Gasteiger partial charge < -0.3 is 10.2 Å². The number of aryl methyl sites for hydroxylation is 1. The first-order chi connectivity index (χ1) is 8.71. The molecule has 1 aliphatic heterocycles. The highest BCUT2D eigenvalue weighted by Crippen LogP contribution is 2.17. The van der Waals surface area contributed by atoms with Crippen molar-refractivity contribution in [2.75, 3.05) is 36.9 Å². The van der Waals surface area contributed by atoms with Gasteiger partial charge in [-0.3, -0.25) is 5.43 Å². The Morgan fingerprint density at radius 1 is 1.50 bits per heavy atom. The predicted molar refractivity (Wildman–Crippen MR) is 73.3 cm³/mol. The number of hydrazine groups is 1. The summed E-state index contributed by atoms with van der Waals surface area (Å²) in [5, 5.41) is 3.37. The summed E-state index contributed by atoms with van der Waals surface area (Å²) < 4.78 is 0. The zero-order valence-electron chi connectivity index (χ0n) is 11.1. The molecule has 0 aromatic carbocycles. The Morgan fingerprint density at radius 2 is 2.33 bits per heavy atom. The van der Waals surface area contributed by atoms with Gasteiger partial charge in [0.2, 0.25) is 5.95 Å². The molecule has 1 atom stereocenters. The van der Waals surface area contributed by atoms with Crippen LogP contribution in [0.3, 0.4) is 0 Å². The van der Waals surface area contributed by atoms with Crippen molar-refractivity contribution in [2.45, 2.75) is 20.3 Å². The van der Waals surface area contributed by atoms with Crippen LogP contribution in [0.2, 0.25) is 0 Å². The molecule has 1 unspecified atom stereocenters. The molecule has 6 nitrogen and oxygen atoms in total. The number of aromatic nitrogens is 2. The molecule has 1 saturated heterocycles. The van der Waals surface area contributed by atoms with Crippen molar-refractivity contribution in [3.8, 4) is 0 Å². The largest absolute Gasteiger partial charge is 0.370 e. The molecule has 0 spiro atoms. The van der Waals surface area contributed by atoms with E-state index in [2.05, 4.69) is 32.5 Å². The lowest BCUT2D eigenvalue weighted by Gasteiger charge is -2.14. The molecule has 2 rings (SSSR count). The van der Waals surface area contributed by atoms with E-state index in [-0.39, 0.29) is 0 Å². The second kappa shape index (κ2) is 5.97. The number of nitrogens with zero attached hydrogens (tertiary/aromatic N) is 3. The van der Waals surface area contributed by atoms with Crippen LogP contribution < -0.4 is 16.6 Å². The van der Waals surface area contributed by atoms with E-state index in [1.54, 1.807) is 0 Å². The van der Waals surface area contributed by atoms with Gasteiger partial charge in [0, 0.05) is 24.8 Å². The van der Waals surface area contributed by atoms with Gasteiger partial charge in [-0.2, -0.15) is 4.98 Å². The van der Waals surface area contributed by atoms with Gasteiger partial charge in [-0.25, -0.2) is 10.8 Å². The highest BCUT2D eigenvalue weighted by atomic mass is 15.3. The number of nitrogen functional groups attached to an aromatic ring is 1. The molecule has 0 radical (unpaired) electrons. The summed E-state index contributed by atoms with van der Waals surface area (Å²) >= 11 is 0. The van der Waals surface area contributed by atoms with Crippen molar-refractivity contribution in [1.82, 2.24) is 14.9 Å². The smallest absolute Gasteiger partial charge is 0.239 e. The van der Waals surface area contributed by atoms with E-state index < -0.39 is 0 Å². The number of hydrogen-bond donors (Lipinski definition) is 3. The summed E-state index contributed by atoms with van der Waals surface area (Å²) in [6.07, 6.45) is 1.26. The number of rotatable bonds is 5. The minimum absolute atomic E-state index is 0.458. The molecular weight excluding hydrogens is 228 g/mol. The molecule has 2 heterocycles. The fourth-order valence-corrected chi connectivity index (χ4v) is 2.34. The molecule has 18 heavy (non-hydrogen) atoms. The highest BCUT2D eigenvalue weighted by Gasteiger charge is 2.20. The van der Waals surface area contributed by atoms with Crippen LogP contribution in [0, 0.1) is 12.8 Å². The molecule has 0 amide bonds. The Bertz CT molecular complexity index is 394. The van der Waals surface area contributed by atoms with Crippen molar-refractivity contribution < 1.29 is 0 Å². The summed E-state index contributed by atoms with van der Waals surface area (Å²) in [6, 6.07) is 1.94. The van der Waals surface area contributed by atoms with Gasteiger partial charge in [0.25, 0.3) is 0 Å². The van der Waals surface area contributed by atoms with Gasteiger partial charge >= 0.3 is 0 Å². The second-order valence-electron chi connectivity index (χ2n) is 4.79. The van der Waals surface area contributed by atoms with E-state index in [0.29, 0.717) is 11.9 Å². The molecule has 0 saturated carbocycles. The molecule has 0 bridgehead atoms. The molecule has 6 heteroatoms. The third-order valence-electron chi connectivity index (χ3n) is 3.37. The monoisotopic (exact) mass is 250 g/mol. The lowest BCUT2D eigenvalue weighted by atomic mass is 10.1. The summed E-state index contributed by atoms with van der Waals surface area (Å²) in [5.41, 5.74) is 3.39. The van der Waals surface area contributed by atoms with Gasteiger partial charge in [-0.15, -0.1) is 0 Å². The van der Waals surface area contributed by atoms with Gasteiger partial charge in [0.1, 0.15) is 5.82 Å². The Hall–Kier alpha value is -1.40. The fraction of sp³-hybridized carbons (Fsp3) is 0.667. The van der Waals surface area contributed by atoms with E-state index in [9.17, 15) is 0 Å². The van der Waals surface area contributed by atoms with Crippen LogP contribution in [0.1, 0.15) is 19.0 Å². The van der Waals surface area contributed by atoms with Crippen molar-refractivity contribution in [2.24, 2.45) is 11.8 Å². The lowest BCUT2D eigenvalue weighted by molar-refractivity contribution is 0.345. The number of nitrogens with two attached hydrogens (primary N) is 1. The third kappa shape index (κ3) is 3.30. The van der Waals surface area contributed by atoms with Crippen LogP contribution in [0.5, 0.6) is 0 Å². The number of likely N-dealkylation sites (tertiary alicyclic amines) is 1. The van der Waals surface area contributed by atoms with E-state index in [4.69, 9.17) is 5.84 Å². The minimum atomic E-state index is 0.458. The van der Waals surface area contributed by atoms with E-state index in [1.165, 1.54) is 19.5 Å². The van der Waals surface area contributed by atoms with Crippen LogP contribution in [0.25, 0.3) is 0 Å². The highest BCUT2D eigenvalue weighted by molar-refractivity contribution is 5.41. The number of nitrogens with one attached hydrogen (secondary N) is 2. The van der Waals surface area contributed by atoms with Crippen LogP contribution in [0.15, 0.2) is 6.07 Å². The fourth-order valence-electron chi connectivity index (χ4n) is 2.34. The summed E-state index contributed by atoms with van der Waals surface area (Å²) in [5.74, 6) is 7.33. The molecule has 100 valence electrons. The van der Waals surface area contributed by atoms with E-state index in [1.807, 2.05) is 13.0 Å². The van der Waals surface area contributed by atoms with Crippen molar-refractivity contribution >= 4 is 11.8 Å². The Kier molecular flexibility index (Phi) is 4.33. The van der Waals surface area contributed by atoms with Crippen molar-refractivity contribution in [3.05, 3.63) is 11.8 Å². The molecule has 1 aliphatic rings. The first kappa shape index (κ1) is 13.0. The maximum atomic E-state index is 5.33. The standard InChI is InChI=1S/C12H22N6/c1-3-18-5-4-10(8-18)7-14-11-6-9(2)15-12(16-11)17-13/h6,10H,3-5,7-8,13H2,1-2H3,(H2,14,15,16,17). The Labute approximate surface area is 108 Å². The summed E-state index contributed by atoms with van der Waals surface area (Å²) in [4.78, 5) is 10.9. The molecule has 1 fully saturated rings. The van der Waals surface area contributed by atoms with Gasteiger partial charge in [-0.05, 0) is 32.4 Å². The van der Waals surface area contributed by atoms with Crippen molar-refractivity contribution in [3.63, 3.8) is 0 Å². The van der Waals surface area contributed by atoms with Crippen LogP contribution >= 0.6 is 0 Å². The van der Waals surface area contributed by atoms with Gasteiger partial charge in [-0.1, -0.05) is 6.92 Å². The van der Waals surface area contributed by atoms with E-state index in [0.717, 1.165) is 24.6 Å². The maximum Gasteiger partial charge on any atom is 0.239 e. The molecular formula is C12H22N6. The Morgan fingerprint density at radius 3 is 3.00 bits per heavy atom.